The molecule has 138 valence electrons. The molecule has 1 heterocycles. The number of hydrogen-bond donors (Lipinski definition) is 2. The van der Waals surface area contributed by atoms with Gasteiger partial charge in [0.15, 0.2) is 0 Å². The summed E-state index contributed by atoms with van der Waals surface area (Å²) >= 11 is 0. The largest absolute Gasteiger partial charge is 0.478 e. The molecule has 6 heteroatoms. The van der Waals surface area contributed by atoms with Crippen LogP contribution in [0, 0.1) is 5.92 Å². The summed E-state index contributed by atoms with van der Waals surface area (Å²) in [7, 11) is 0. The highest BCUT2D eigenvalue weighted by Crippen LogP contribution is 2.21. The molecule has 1 fully saturated rings. The van der Waals surface area contributed by atoms with Gasteiger partial charge in [-0.25, -0.2) is 9.59 Å². The number of aliphatic carboxylic acids is 2. The molecule has 1 aliphatic rings. The lowest BCUT2D eigenvalue weighted by molar-refractivity contribution is -0.136. The molecule has 0 saturated carbocycles. The van der Waals surface area contributed by atoms with Crippen LogP contribution < -0.4 is 0 Å². The van der Waals surface area contributed by atoms with Gasteiger partial charge >= 0.3 is 11.9 Å². The third-order valence-corrected chi connectivity index (χ3v) is 4.36. The van der Waals surface area contributed by atoms with Crippen LogP contribution >= 0.6 is 0 Å². The number of ether oxygens (including phenoxy) is 1. The maximum atomic E-state index is 11.5. The SMILES string of the molecule is CC(C)CC/C(C(=O)O)=C(/CCCCCN1CCOCC1)C(=O)O. The molecule has 0 bridgehead atoms. The second kappa shape index (κ2) is 11.2. The van der Waals surface area contributed by atoms with Gasteiger partial charge in [0.1, 0.15) is 0 Å². The van der Waals surface area contributed by atoms with E-state index in [0.717, 1.165) is 45.7 Å². The van der Waals surface area contributed by atoms with Crippen LogP contribution in [0.15, 0.2) is 11.1 Å². The Morgan fingerprint density at radius 1 is 0.958 bits per heavy atom. The van der Waals surface area contributed by atoms with E-state index in [1.165, 1.54) is 0 Å². The Labute approximate surface area is 144 Å². The summed E-state index contributed by atoms with van der Waals surface area (Å²) in [4.78, 5) is 25.2. The summed E-state index contributed by atoms with van der Waals surface area (Å²) in [5.74, 6) is -1.84. The molecule has 6 nitrogen and oxygen atoms in total. The number of carboxylic acid groups (broad SMARTS) is 2. The molecular weight excluding hydrogens is 310 g/mol. The highest BCUT2D eigenvalue weighted by Gasteiger charge is 2.20. The minimum absolute atomic E-state index is 0.0735. The van der Waals surface area contributed by atoms with Crippen LogP contribution in [0.25, 0.3) is 0 Å². The van der Waals surface area contributed by atoms with Gasteiger partial charge in [-0.2, -0.15) is 0 Å². The van der Waals surface area contributed by atoms with Crippen molar-refractivity contribution in [3.63, 3.8) is 0 Å². The zero-order valence-corrected chi connectivity index (χ0v) is 14.9. The number of unbranched alkanes of at least 4 members (excludes halogenated alkanes) is 2. The van der Waals surface area contributed by atoms with Gasteiger partial charge in [-0.1, -0.05) is 20.3 Å². The standard InChI is InChI=1S/C18H31NO5/c1-14(2)7-8-16(18(22)23)15(17(20)21)6-4-3-5-9-19-10-12-24-13-11-19/h14H,3-13H2,1-2H3,(H,20,21)(H,22,23)/b16-15+. The summed E-state index contributed by atoms with van der Waals surface area (Å²) in [5.41, 5.74) is 0.152. The number of nitrogens with zero attached hydrogens (tertiary/aromatic N) is 1. The summed E-state index contributed by atoms with van der Waals surface area (Å²) in [5, 5.41) is 18.7. The lowest BCUT2D eigenvalue weighted by Crippen LogP contribution is -2.36. The Balaban J connectivity index is 2.46. The maximum absolute atomic E-state index is 11.5. The average Bonchev–Trinajstić information content (AvgIpc) is 2.53. The van der Waals surface area contributed by atoms with E-state index in [4.69, 9.17) is 4.74 Å². The Kier molecular flexibility index (Phi) is 9.64. The number of carboxylic acids is 2. The Bertz CT molecular complexity index is 439. The number of carbonyl (C=O) groups is 2. The molecule has 0 aromatic heterocycles. The van der Waals surface area contributed by atoms with Crippen molar-refractivity contribution in [2.75, 3.05) is 32.8 Å². The fourth-order valence-corrected chi connectivity index (χ4v) is 2.85. The summed E-state index contributed by atoms with van der Waals surface area (Å²) in [6.45, 7) is 8.48. The lowest BCUT2D eigenvalue weighted by Gasteiger charge is -2.26. The van der Waals surface area contributed by atoms with Gasteiger partial charge in [-0.15, -0.1) is 0 Å². The molecule has 0 radical (unpaired) electrons. The van der Waals surface area contributed by atoms with Gasteiger partial charge in [0.2, 0.25) is 0 Å². The number of hydrogen-bond acceptors (Lipinski definition) is 4. The van der Waals surface area contributed by atoms with E-state index < -0.39 is 11.9 Å². The molecule has 0 unspecified atom stereocenters. The second-order valence-corrected chi connectivity index (χ2v) is 6.76. The average molecular weight is 341 g/mol. The topological polar surface area (TPSA) is 87.1 Å². The molecule has 0 spiro atoms. The predicted molar refractivity (Wildman–Crippen MR) is 92.1 cm³/mol. The van der Waals surface area contributed by atoms with E-state index in [9.17, 15) is 19.8 Å². The van der Waals surface area contributed by atoms with E-state index in [-0.39, 0.29) is 11.1 Å². The van der Waals surface area contributed by atoms with E-state index in [1.807, 2.05) is 13.8 Å². The van der Waals surface area contributed by atoms with Crippen molar-refractivity contribution in [1.82, 2.24) is 4.90 Å². The predicted octanol–water partition coefficient (Wildman–Crippen LogP) is 2.78. The van der Waals surface area contributed by atoms with Crippen molar-refractivity contribution in [1.29, 1.82) is 0 Å². The van der Waals surface area contributed by atoms with E-state index in [1.54, 1.807) is 0 Å². The first-order chi connectivity index (χ1) is 11.4. The van der Waals surface area contributed by atoms with Gasteiger partial charge in [-0.3, -0.25) is 4.90 Å². The molecule has 0 aromatic rings. The second-order valence-electron chi connectivity index (χ2n) is 6.76. The van der Waals surface area contributed by atoms with E-state index in [2.05, 4.69) is 4.90 Å². The number of morpholine rings is 1. The van der Waals surface area contributed by atoms with Crippen LogP contribution in [0.5, 0.6) is 0 Å². The molecule has 1 rings (SSSR count). The first kappa shape index (κ1) is 20.6. The quantitative estimate of drug-likeness (QED) is 0.444. The first-order valence-corrected chi connectivity index (χ1v) is 8.90. The van der Waals surface area contributed by atoms with Crippen molar-refractivity contribution in [3.05, 3.63) is 11.1 Å². The van der Waals surface area contributed by atoms with Crippen LogP contribution in [0.1, 0.15) is 52.4 Å². The van der Waals surface area contributed by atoms with Gasteiger partial charge in [0.25, 0.3) is 0 Å². The van der Waals surface area contributed by atoms with E-state index >= 15 is 0 Å². The van der Waals surface area contributed by atoms with Crippen LogP contribution in [0.4, 0.5) is 0 Å². The highest BCUT2D eigenvalue weighted by molar-refractivity contribution is 5.98. The van der Waals surface area contributed by atoms with Crippen LogP contribution in [-0.4, -0.2) is 59.9 Å². The molecule has 1 saturated heterocycles. The zero-order valence-electron chi connectivity index (χ0n) is 14.9. The summed E-state index contributed by atoms with van der Waals surface area (Å²) in [6, 6.07) is 0. The highest BCUT2D eigenvalue weighted by atomic mass is 16.5. The first-order valence-electron chi connectivity index (χ1n) is 8.90. The maximum Gasteiger partial charge on any atom is 0.332 e. The molecule has 0 aliphatic carbocycles. The van der Waals surface area contributed by atoms with Crippen LogP contribution in [0.3, 0.4) is 0 Å². The van der Waals surface area contributed by atoms with E-state index in [0.29, 0.717) is 31.6 Å². The van der Waals surface area contributed by atoms with Crippen molar-refractivity contribution in [3.8, 4) is 0 Å². The third-order valence-electron chi connectivity index (χ3n) is 4.36. The Hall–Kier alpha value is -1.40. The molecule has 0 aromatic carbocycles. The molecule has 1 aliphatic heterocycles. The fraction of sp³-hybridized carbons (Fsp3) is 0.778. The van der Waals surface area contributed by atoms with Gasteiger partial charge in [-0.05, 0) is 44.6 Å². The van der Waals surface area contributed by atoms with Crippen LogP contribution in [-0.2, 0) is 14.3 Å². The van der Waals surface area contributed by atoms with Gasteiger partial charge < -0.3 is 14.9 Å². The monoisotopic (exact) mass is 341 g/mol. The zero-order chi connectivity index (χ0) is 17.9. The lowest BCUT2D eigenvalue weighted by atomic mass is 9.95. The molecule has 24 heavy (non-hydrogen) atoms. The minimum atomic E-state index is -1.10. The van der Waals surface area contributed by atoms with Crippen molar-refractivity contribution in [2.45, 2.75) is 52.4 Å². The summed E-state index contributed by atoms with van der Waals surface area (Å²) < 4.78 is 5.30. The van der Waals surface area contributed by atoms with Crippen molar-refractivity contribution < 1.29 is 24.5 Å². The molecule has 0 atom stereocenters. The summed E-state index contributed by atoms with van der Waals surface area (Å²) in [6.07, 6.45) is 3.97. The van der Waals surface area contributed by atoms with Gasteiger partial charge in [0, 0.05) is 24.2 Å². The molecular formula is C18H31NO5. The third kappa shape index (κ3) is 7.93. The molecule has 2 N–H and O–H groups in total. The normalized spacial score (nSPS) is 17.0. The molecule has 0 amide bonds. The minimum Gasteiger partial charge on any atom is -0.478 e. The van der Waals surface area contributed by atoms with Crippen LogP contribution in [0.2, 0.25) is 0 Å². The Morgan fingerprint density at radius 2 is 1.54 bits per heavy atom. The fourth-order valence-electron chi connectivity index (χ4n) is 2.85. The number of rotatable bonds is 11. The van der Waals surface area contributed by atoms with Crippen molar-refractivity contribution in [2.24, 2.45) is 5.92 Å². The Morgan fingerprint density at radius 3 is 2.08 bits per heavy atom. The van der Waals surface area contributed by atoms with Crippen molar-refractivity contribution >= 4 is 11.9 Å². The smallest absolute Gasteiger partial charge is 0.332 e. The van der Waals surface area contributed by atoms with Gasteiger partial charge in [0.05, 0.1) is 13.2 Å².